The quantitative estimate of drug-likeness (QED) is 0.288. The first kappa shape index (κ1) is 20.7. The minimum Gasteiger partial charge on any atom is -0.455 e. The maximum absolute atomic E-state index is 14.8. The van der Waals surface area contributed by atoms with Gasteiger partial charge in [0.15, 0.2) is 0 Å². The molecule has 0 atom stereocenters. The predicted octanol–water partition coefficient (Wildman–Crippen LogP) is 8.57. The molecular weight excluding hydrogens is 397 g/mol. The summed E-state index contributed by atoms with van der Waals surface area (Å²) in [5.74, 6) is 0.518. The number of fused-ring (bicyclic) bond motifs is 4. The molecule has 0 aliphatic rings. The summed E-state index contributed by atoms with van der Waals surface area (Å²) in [7, 11) is 0. The first-order chi connectivity index (χ1) is 15.3. The fourth-order valence-corrected chi connectivity index (χ4v) is 4.72. The van der Waals surface area contributed by atoms with E-state index in [2.05, 4.69) is 57.2 Å². The number of rotatable bonds is 4. The van der Waals surface area contributed by atoms with Crippen molar-refractivity contribution in [3.63, 3.8) is 0 Å². The highest BCUT2D eigenvalue weighted by Crippen LogP contribution is 2.40. The Morgan fingerprint density at radius 3 is 2.47 bits per heavy atom. The molecule has 2 heterocycles. The van der Waals surface area contributed by atoms with E-state index in [1.54, 1.807) is 6.07 Å². The number of hydrogen-bond donors (Lipinski definition) is 0. The normalized spacial score (nSPS) is 12.1. The van der Waals surface area contributed by atoms with Gasteiger partial charge < -0.3 is 4.42 Å². The maximum atomic E-state index is 14.8. The largest absolute Gasteiger partial charge is 0.455 e. The van der Waals surface area contributed by atoms with Gasteiger partial charge in [0.05, 0.1) is 5.69 Å². The summed E-state index contributed by atoms with van der Waals surface area (Å²) < 4.78 is 21.1. The Hall–Kier alpha value is -3.20. The van der Waals surface area contributed by atoms with Crippen molar-refractivity contribution >= 4 is 32.7 Å². The van der Waals surface area contributed by atoms with Crippen molar-refractivity contribution in [2.75, 3.05) is 0 Å². The lowest BCUT2D eigenvalue weighted by Gasteiger charge is -2.10. The van der Waals surface area contributed by atoms with E-state index in [1.807, 2.05) is 26.1 Å². The van der Waals surface area contributed by atoms with Gasteiger partial charge in [-0.1, -0.05) is 45.9 Å². The summed E-state index contributed by atoms with van der Waals surface area (Å²) in [6.45, 7) is 10.5. The van der Waals surface area contributed by atoms with Crippen molar-refractivity contribution in [3.05, 3.63) is 77.2 Å². The number of nitrogens with zero attached hydrogens (tertiary/aromatic N) is 1. The van der Waals surface area contributed by atoms with Crippen molar-refractivity contribution in [1.29, 1.82) is 0 Å². The molecule has 162 valence electrons. The van der Waals surface area contributed by atoms with Gasteiger partial charge >= 0.3 is 0 Å². The second-order valence-electron chi connectivity index (χ2n) is 9.63. The van der Waals surface area contributed by atoms with Crippen LogP contribution in [0.25, 0.3) is 44.0 Å². The van der Waals surface area contributed by atoms with Gasteiger partial charge in [0.25, 0.3) is 0 Å². The third-order valence-electron chi connectivity index (χ3n) is 6.18. The molecule has 3 heteroatoms. The third kappa shape index (κ3) is 3.46. The van der Waals surface area contributed by atoms with Crippen LogP contribution in [-0.4, -0.2) is 4.98 Å². The minimum atomic E-state index is -0.181. The summed E-state index contributed by atoms with van der Waals surface area (Å²) in [6, 6.07) is 16.4. The minimum absolute atomic E-state index is 0.0913. The second-order valence-corrected chi connectivity index (χ2v) is 9.63. The summed E-state index contributed by atoms with van der Waals surface area (Å²) in [5.41, 5.74) is 6.43. The van der Waals surface area contributed by atoms with E-state index in [9.17, 15) is 4.39 Å². The number of aryl methyl sites for hydroxylation is 1. The highest BCUT2D eigenvalue weighted by atomic mass is 19.1. The molecule has 0 aliphatic carbocycles. The first-order valence-corrected chi connectivity index (χ1v) is 11.4. The molecule has 0 unspecified atom stereocenters. The average molecular weight is 426 g/mol. The topological polar surface area (TPSA) is 26.0 Å². The molecule has 0 fully saturated rings. The molecule has 2 aromatic heterocycles. The predicted molar refractivity (Wildman–Crippen MR) is 132 cm³/mol. The number of benzene rings is 3. The van der Waals surface area contributed by atoms with E-state index in [1.165, 1.54) is 10.9 Å². The van der Waals surface area contributed by atoms with Crippen LogP contribution in [0.5, 0.6) is 0 Å². The fraction of sp³-hybridized carbons (Fsp3) is 0.276. The molecule has 2 nitrogen and oxygen atoms in total. The third-order valence-corrected chi connectivity index (χ3v) is 6.18. The zero-order valence-corrected chi connectivity index (χ0v) is 19.3. The molecule has 0 saturated carbocycles. The number of hydrogen-bond acceptors (Lipinski definition) is 2. The van der Waals surface area contributed by atoms with Gasteiger partial charge in [0.1, 0.15) is 17.0 Å². The van der Waals surface area contributed by atoms with Gasteiger partial charge in [-0.25, -0.2) is 4.39 Å². The number of pyridine rings is 1. The van der Waals surface area contributed by atoms with Crippen LogP contribution in [0.4, 0.5) is 4.39 Å². The van der Waals surface area contributed by atoms with Crippen molar-refractivity contribution in [2.24, 2.45) is 5.92 Å². The number of aromatic nitrogens is 1. The van der Waals surface area contributed by atoms with E-state index in [0.29, 0.717) is 11.5 Å². The lowest BCUT2D eigenvalue weighted by atomic mass is 9.96. The molecule has 0 spiro atoms. The maximum Gasteiger partial charge on any atom is 0.144 e. The van der Waals surface area contributed by atoms with Crippen LogP contribution >= 0.6 is 0 Å². The van der Waals surface area contributed by atoms with Gasteiger partial charge in [0.2, 0.25) is 0 Å². The summed E-state index contributed by atoms with van der Waals surface area (Å²) in [4.78, 5) is 4.76. The highest BCUT2D eigenvalue weighted by molar-refractivity contribution is 6.12. The van der Waals surface area contributed by atoms with Crippen LogP contribution in [0, 0.1) is 18.7 Å². The summed E-state index contributed by atoms with van der Waals surface area (Å²) >= 11 is 0. The van der Waals surface area contributed by atoms with Crippen LogP contribution in [-0.2, 0) is 6.42 Å². The SMILES string of the molecule is Cc1cc(-c2nccc3cc(CC(C)C)ccc23)c2oc3cc(C(C)C)c(F)cc3c2c1. The lowest BCUT2D eigenvalue weighted by Crippen LogP contribution is -1.94. The van der Waals surface area contributed by atoms with E-state index in [-0.39, 0.29) is 11.7 Å². The van der Waals surface area contributed by atoms with Gasteiger partial charge in [-0.15, -0.1) is 0 Å². The van der Waals surface area contributed by atoms with Gasteiger partial charge in [-0.2, -0.15) is 0 Å². The van der Waals surface area contributed by atoms with E-state index in [0.717, 1.165) is 50.6 Å². The molecule has 0 N–H and O–H groups in total. The van der Waals surface area contributed by atoms with Crippen LogP contribution in [0.15, 0.2) is 59.1 Å². The number of halogens is 1. The van der Waals surface area contributed by atoms with E-state index in [4.69, 9.17) is 9.40 Å². The molecule has 0 saturated heterocycles. The van der Waals surface area contributed by atoms with Crippen molar-refractivity contribution in [3.8, 4) is 11.3 Å². The monoisotopic (exact) mass is 425 g/mol. The smallest absolute Gasteiger partial charge is 0.144 e. The standard InChI is InChI=1S/C29H28FNO/c1-16(2)10-19-6-7-21-20(13-19)8-9-31-28(21)25-12-18(5)11-24-23-14-26(30)22(17(3)4)15-27(23)32-29(24)25/h6-9,11-17H,10H2,1-5H3. The van der Waals surface area contributed by atoms with Crippen LogP contribution in [0.1, 0.15) is 50.3 Å². The lowest BCUT2D eigenvalue weighted by molar-refractivity contribution is 0.597. The van der Waals surface area contributed by atoms with Gasteiger partial charge in [-0.3, -0.25) is 4.98 Å². The fourth-order valence-electron chi connectivity index (χ4n) is 4.72. The van der Waals surface area contributed by atoms with Crippen molar-refractivity contribution in [1.82, 2.24) is 4.98 Å². The zero-order valence-electron chi connectivity index (χ0n) is 19.3. The number of furan rings is 1. The average Bonchev–Trinajstić information content (AvgIpc) is 3.08. The molecule has 0 bridgehead atoms. The van der Waals surface area contributed by atoms with Crippen LogP contribution < -0.4 is 0 Å². The Balaban J connectivity index is 1.78. The molecule has 5 rings (SSSR count). The molecule has 0 amide bonds. The summed E-state index contributed by atoms with van der Waals surface area (Å²) in [5, 5.41) is 4.01. The second kappa shape index (κ2) is 7.74. The molecule has 0 aliphatic heterocycles. The summed E-state index contributed by atoms with van der Waals surface area (Å²) in [6.07, 6.45) is 2.92. The first-order valence-electron chi connectivity index (χ1n) is 11.4. The Labute approximate surface area is 188 Å². The van der Waals surface area contributed by atoms with Gasteiger partial charge in [-0.05, 0) is 77.6 Å². The van der Waals surface area contributed by atoms with Crippen molar-refractivity contribution < 1.29 is 8.81 Å². The highest BCUT2D eigenvalue weighted by Gasteiger charge is 2.19. The molecular formula is C29H28FNO. The van der Waals surface area contributed by atoms with Crippen LogP contribution in [0.2, 0.25) is 0 Å². The van der Waals surface area contributed by atoms with Crippen molar-refractivity contribution in [2.45, 2.75) is 47.0 Å². The Morgan fingerprint density at radius 1 is 0.906 bits per heavy atom. The molecule has 32 heavy (non-hydrogen) atoms. The molecule has 0 radical (unpaired) electrons. The Bertz CT molecular complexity index is 1480. The Kier molecular flexibility index (Phi) is 5.00. The molecule has 5 aromatic rings. The Morgan fingerprint density at radius 2 is 1.72 bits per heavy atom. The molecule has 3 aromatic carbocycles. The van der Waals surface area contributed by atoms with E-state index < -0.39 is 0 Å². The van der Waals surface area contributed by atoms with E-state index >= 15 is 0 Å². The zero-order chi connectivity index (χ0) is 22.6. The van der Waals surface area contributed by atoms with Gasteiger partial charge in [0, 0.05) is 27.9 Å². The van der Waals surface area contributed by atoms with Crippen LogP contribution in [0.3, 0.4) is 0 Å².